The molecule has 104 valence electrons. The highest BCUT2D eigenvalue weighted by Crippen LogP contribution is 2.22. The van der Waals surface area contributed by atoms with Crippen molar-refractivity contribution in [2.45, 2.75) is 45.8 Å². The van der Waals surface area contributed by atoms with Crippen LogP contribution < -0.4 is 0 Å². The molecule has 0 aliphatic heterocycles. The number of rotatable bonds is 7. The first-order valence-electron chi connectivity index (χ1n) is 6.24. The summed E-state index contributed by atoms with van der Waals surface area (Å²) in [5, 5.41) is 4.44. The molecule has 0 saturated heterocycles. The highest BCUT2D eigenvalue weighted by Gasteiger charge is 2.17. The molecule has 5 heteroatoms. The number of aryl methyl sites for hydroxylation is 2. The van der Waals surface area contributed by atoms with E-state index in [-0.39, 0.29) is 5.60 Å². The van der Waals surface area contributed by atoms with E-state index in [2.05, 4.69) is 41.8 Å². The third-order valence-corrected chi connectivity index (χ3v) is 4.06. The van der Waals surface area contributed by atoms with Gasteiger partial charge >= 0.3 is 0 Å². The third-order valence-electron chi connectivity index (χ3n) is 3.14. The van der Waals surface area contributed by atoms with Gasteiger partial charge in [-0.3, -0.25) is 4.68 Å². The second kappa shape index (κ2) is 6.68. The molecule has 0 radical (unpaired) electrons. The van der Waals surface area contributed by atoms with Crippen molar-refractivity contribution < 1.29 is 9.47 Å². The SMILES string of the molecule is CCc1nn(C)c(COCCC(C)(C)OC)c1Br. The van der Waals surface area contributed by atoms with Crippen molar-refractivity contribution >= 4 is 15.9 Å². The van der Waals surface area contributed by atoms with Crippen LogP contribution >= 0.6 is 15.9 Å². The van der Waals surface area contributed by atoms with Gasteiger partial charge in [0.05, 0.1) is 28.1 Å². The van der Waals surface area contributed by atoms with Crippen LogP contribution in [0.1, 0.15) is 38.6 Å². The summed E-state index contributed by atoms with van der Waals surface area (Å²) in [6, 6.07) is 0. The molecule has 0 saturated carbocycles. The largest absolute Gasteiger partial charge is 0.379 e. The van der Waals surface area contributed by atoms with Gasteiger partial charge in [0, 0.05) is 20.8 Å². The van der Waals surface area contributed by atoms with Crippen molar-refractivity contribution in [1.82, 2.24) is 9.78 Å². The van der Waals surface area contributed by atoms with E-state index in [4.69, 9.17) is 9.47 Å². The van der Waals surface area contributed by atoms with Crippen molar-refractivity contribution in [1.29, 1.82) is 0 Å². The molecule has 0 amide bonds. The molecule has 0 spiro atoms. The summed E-state index contributed by atoms with van der Waals surface area (Å²) < 4.78 is 14.0. The summed E-state index contributed by atoms with van der Waals surface area (Å²) in [6.07, 6.45) is 1.80. The van der Waals surface area contributed by atoms with E-state index in [9.17, 15) is 0 Å². The maximum Gasteiger partial charge on any atom is 0.0896 e. The zero-order chi connectivity index (χ0) is 13.8. The number of aromatic nitrogens is 2. The number of hydrogen-bond acceptors (Lipinski definition) is 3. The molecule has 1 rings (SSSR count). The second-order valence-corrected chi connectivity index (χ2v) is 5.74. The lowest BCUT2D eigenvalue weighted by atomic mass is 10.1. The minimum absolute atomic E-state index is 0.127. The summed E-state index contributed by atoms with van der Waals surface area (Å²) in [5.41, 5.74) is 2.04. The Bertz CT molecular complexity index is 389. The van der Waals surface area contributed by atoms with Crippen molar-refractivity contribution in [3.8, 4) is 0 Å². The lowest BCUT2D eigenvalue weighted by Gasteiger charge is -2.22. The zero-order valence-electron chi connectivity index (χ0n) is 11.9. The van der Waals surface area contributed by atoms with Crippen molar-refractivity contribution in [3.05, 3.63) is 15.9 Å². The molecule has 0 fully saturated rings. The van der Waals surface area contributed by atoms with E-state index in [0.717, 1.165) is 28.7 Å². The number of hydrogen-bond donors (Lipinski definition) is 0. The lowest BCUT2D eigenvalue weighted by Crippen LogP contribution is -2.24. The smallest absolute Gasteiger partial charge is 0.0896 e. The maximum atomic E-state index is 5.71. The highest BCUT2D eigenvalue weighted by atomic mass is 79.9. The van der Waals surface area contributed by atoms with Crippen LogP contribution in [0.4, 0.5) is 0 Å². The van der Waals surface area contributed by atoms with Crippen LogP contribution in [0.3, 0.4) is 0 Å². The number of nitrogens with zero attached hydrogens (tertiary/aromatic N) is 2. The number of halogens is 1. The molecule has 0 unspecified atom stereocenters. The highest BCUT2D eigenvalue weighted by molar-refractivity contribution is 9.10. The number of ether oxygens (including phenoxy) is 2. The Morgan fingerprint density at radius 2 is 2.06 bits per heavy atom. The van der Waals surface area contributed by atoms with Crippen LogP contribution in [-0.2, 0) is 29.5 Å². The Kier molecular flexibility index (Phi) is 5.82. The monoisotopic (exact) mass is 318 g/mol. The van der Waals surface area contributed by atoms with Gasteiger partial charge in [0.1, 0.15) is 0 Å². The number of methoxy groups -OCH3 is 1. The third kappa shape index (κ3) is 4.07. The predicted octanol–water partition coefficient (Wildman–Crippen LogP) is 3.08. The molecule has 0 aromatic carbocycles. The van der Waals surface area contributed by atoms with Gasteiger partial charge in [-0.25, -0.2) is 0 Å². The molecule has 1 aromatic heterocycles. The first-order valence-corrected chi connectivity index (χ1v) is 7.03. The second-order valence-electron chi connectivity index (χ2n) is 4.95. The minimum Gasteiger partial charge on any atom is -0.379 e. The van der Waals surface area contributed by atoms with Crippen LogP contribution in [0.25, 0.3) is 0 Å². The van der Waals surface area contributed by atoms with Crippen LogP contribution in [-0.4, -0.2) is 29.1 Å². The fourth-order valence-electron chi connectivity index (χ4n) is 1.57. The van der Waals surface area contributed by atoms with Gasteiger partial charge in [0.2, 0.25) is 0 Å². The van der Waals surface area contributed by atoms with Crippen molar-refractivity contribution in [3.63, 3.8) is 0 Å². The molecule has 1 heterocycles. The summed E-state index contributed by atoms with van der Waals surface area (Å²) in [6.45, 7) is 7.47. The van der Waals surface area contributed by atoms with Gasteiger partial charge in [-0.15, -0.1) is 0 Å². The molecule has 1 aromatic rings. The topological polar surface area (TPSA) is 36.3 Å². The van der Waals surface area contributed by atoms with Crippen LogP contribution in [0.2, 0.25) is 0 Å². The van der Waals surface area contributed by atoms with Crippen LogP contribution in [0.15, 0.2) is 4.47 Å². The summed E-state index contributed by atoms with van der Waals surface area (Å²) in [5.74, 6) is 0. The van der Waals surface area contributed by atoms with E-state index >= 15 is 0 Å². The Morgan fingerprint density at radius 1 is 1.39 bits per heavy atom. The predicted molar refractivity (Wildman–Crippen MR) is 75.6 cm³/mol. The van der Waals surface area contributed by atoms with Crippen molar-refractivity contribution in [2.75, 3.05) is 13.7 Å². The van der Waals surface area contributed by atoms with Crippen LogP contribution in [0, 0.1) is 0 Å². The van der Waals surface area contributed by atoms with Crippen LogP contribution in [0.5, 0.6) is 0 Å². The summed E-state index contributed by atoms with van der Waals surface area (Å²) in [7, 11) is 3.67. The maximum absolute atomic E-state index is 5.71. The Balaban J connectivity index is 2.47. The molecule has 0 aliphatic carbocycles. The minimum atomic E-state index is -0.127. The van der Waals surface area contributed by atoms with Gasteiger partial charge in [-0.05, 0) is 42.6 Å². The van der Waals surface area contributed by atoms with Gasteiger partial charge in [-0.1, -0.05) is 6.92 Å². The lowest BCUT2D eigenvalue weighted by molar-refractivity contribution is -0.0131. The normalized spacial score (nSPS) is 12.1. The molecular formula is C13H23BrN2O2. The molecule has 0 atom stereocenters. The van der Waals surface area contributed by atoms with Gasteiger partial charge in [-0.2, -0.15) is 5.10 Å². The van der Waals surface area contributed by atoms with Gasteiger partial charge in [0.15, 0.2) is 0 Å². The molecule has 0 bridgehead atoms. The molecule has 0 N–H and O–H groups in total. The summed E-state index contributed by atoms with van der Waals surface area (Å²) in [4.78, 5) is 0. The van der Waals surface area contributed by atoms with Crippen molar-refractivity contribution in [2.24, 2.45) is 7.05 Å². The molecular weight excluding hydrogens is 296 g/mol. The first kappa shape index (κ1) is 15.7. The molecule has 18 heavy (non-hydrogen) atoms. The fourth-order valence-corrected chi connectivity index (χ4v) is 2.30. The zero-order valence-corrected chi connectivity index (χ0v) is 13.5. The van der Waals surface area contributed by atoms with E-state index in [1.807, 2.05) is 11.7 Å². The molecule has 0 aliphatic rings. The van der Waals surface area contributed by atoms with E-state index in [1.54, 1.807) is 7.11 Å². The Hall–Kier alpha value is -0.390. The Morgan fingerprint density at radius 3 is 2.56 bits per heavy atom. The average molecular weight is 319 g/mol. The average Bonchev–Trinajstić information content (AvgIpc) is 2.61. The van der Waals surface area contributed by atoms with E-state index in [1.165, 1.54) is 0 Å². The molecule has 4 nitrogen and oxygen atoms in total. The van der Waals surface area contributed by atoms with E-state index < -0.39 is 0 Å². The quantitative estimate of drug-likeness (QED) is 0.725. The standard InChI is InChI=1S/C13H23BrN2O2/c1-6-10-12(14)11(16(4)15-10)9-18-8-7-13(2,3)17-5/h6-9H2,1-5H3. The van der Waals surface area contributed by atoms with Gasteiger partial charge < -0.3 is 9.47 Å². The fraction of sp³-hybridized carbons (Fsp3) is 0.769. The van der Waals surface area contributed by atoms with Gasteiger partial charge in [0.25, 0.3) is 0 Å². The Labute approximate surface area is 118 Å². The summed E-state index contributed by atoms with van der Waals surface area (Å²) >= 11 is 3.58. The first-order chi connectivity index (χ1) is 8.41. The van der Waals surface area contributed by atoms with E-state index in [0.29, 0.717) is 13.2 Å².